The molecular formula is C53H33N3O. The lowest BCUT2D eigenvalue weighted by molar-refractivity contribution is 0.669. The van der Waals surface area contributed by atoms with E-state index < -0.39 is 0 Å². The predicted molar refractivity (Wildman–Crippen MR) is 235 cm³/mol. The first-order valence-corrected chi connectivity index (χ1v) is 19.2. The van der Waals surface area contributed by atoms with E-state index in [0.717, 1.165) is 77.8 Å². The van der Waals surface area contributed by atoms with Gasteiger partial charge in [-0.15, -0.1) is 0 Å². The highest BCUT2D eigenvalue weighted by molar-refractivity contribution is 6.14. The molecule has 0 spiro atoms. The van der Waals surface area contributed by atoms with E-state index in [1.165, 1.54) is 27.1 Å². The molecule has 0 radical (unpaired) electrons. The fourth-order valence-electron chi connectivity index (χ4n) is 8.23. The van der Waals surface area contributed by atoms with Crippen LogP contribution in [-0.2, 0) is 0 Å². The molecule has 0 bridgehead atoms. The Balaban J connectivity index is 1.17. The van der Waals surface area contributed by atoms with Crippen LogP contribution in [0.25, 0.3) is 111 Å². The van der Waals surface area contributed by atoms with Gasteiger partial charge in [-0.3, -0.25) is 4.98 Å². The van der Waals surface area contributed by atoms with E-state index in [0.29, 0.717) is 5.82 Å². The first kappa shape index (κ1) is 32.7. The maximum Gasteiger partial charge on any atom is 0.160 e. The molecule has 0 aliphatic carbocycles. The zero-order valence-corrected chi connectivity index (χ0v) is 30.8. The summed E-state index contributed by atoms with van der Waals surface area (Å²) in [5.41, 5.74) is 13.1. The molecule has 8 aromatic carbocycles. The van der Waals surface area contributed by atoms with Crippen LogP contribution in [-0.4, -0.2) is 15.0 Å². The molecule has 3 heterocycles. The van der Waals surface area contributed by atoms with Crippen LogP contribution in [0.2, 0.25) is 0 Å². The van der Waals surface area contributed by atoms with E-state index in [2.05, 4.69) is 138 Å². The molecule has 4 heteroatoms. The number of pyridine rings is 1. The smallest absolute Gasteiger partial charge is 0.160 e. The molecule has 0 saturated carbocycles. The molecular weight excluding hydrogens is 695 g/mol. The summed E-state index contributed by atoms with van der Waals surface area (Å²) in [5, 5.41) is 7.00. The Labute approximate surface area is 329 Å². The Morgan fingerprint density at radius 2 is 0.947 bits per heavy atom. The summed E-state index contributed by atoms with van der Waals surface area (Å²) in [5.74, 6) is 0.665. The molecule has 0 amide bonds. The fraction of sp³-hybridized carbons (Fsp3) is 0. The normalized spacial score (nSPS) is 11.5. The standard InChI is InChI=1S/C53H33N3O/c1-2-11-37(12-3-1)53-55-48(33-49(56-53)45-18-10-20-51-52(45)46-17-8-9-19-50(46)57-51)41-30-39(35-23-21-34(22-24-35)36-25-27-54-28-26-36)29-40(31-41)47-32-38-13-4-5-14-42(38)43-15-6-7-16-44(43)47/h1-33H. The maximum atomic E-state index is 6.33. The average Bonchev–Trinajstić information content (AvgIpc) is 3.68. The van der Waals surface area contributed by atoms with E-state index in [9.17, 15) is 0 Å². The molecule has 4 nitrogen and oxygen atoms in total. The van der Waals surface area contributed by atoms with Gasteiger partial charge in [-0.05, 0) is 110 Å². The van der Waals surface area contributed by atoms with Crippen LogP contribution in [0.3, 0.4) is 0 Å². The van der Waals surface area contributed by atoms with Gasteiger partial charge in [-0.1, -0.05) is 133 Å². The third-order valence-electron chi connectivity index (χ3n) is 11.0. The topological polar surface area (TPSA) is 51.8 Å². The van der Waals surface area contributed by atoms with Gasteiger partial charge in [-0.25, -0.2) is 9.97 Å². The Morgan fingerprint density at radius 1 is 0.333 bits per heavy atom. The van der Waals surface area contributed by atoms with Crippen molar-refractivity contribution in [1.29, 1.82) is 0 Å². The zero-order chi connectivity index (χ0) is 37.7. The van der Waals surface area contributed by atoms with Crippen LogP contribution in [0.1, 0.15) is 0 Å². The lowest BCUT2D eigenvalue weighted by Crippen LogP contribution is -1.97. The predicted octanol–water partition coefficient (Wildman–Crippen LogP) is 14.1. The number of benzene rings is 8. The van der Waals surface area contributed by atoms with Gasteiger partial charge in [0.05, 0.1) is 11.4 Å². The van der Waals surface area contributed by atoms with Crippen molar-refractivity contribution in [3.8, 4) is 67.3 Å². The molecule has 0 aliphatic rings. The van der Waals surface area contributed by atoms with E-state index in [1.807, 2.05) is 67.0 Å². The number of rotatable bonds is 6. The van der Waals surface area contributed by atoms with E-state index >= 15 is 0 Å². The molecule has 0 saturated heterocycles. The number of nitrogens with zero attached hydrogens (tertiary/aromatic N) is 3. The lowest BCUT2D eigenvalue weighted by atomic mass is 9.89. The summed E-state index contributed by atoms with van der Waals surface area (Å²) >= 11 is 0. The summed E-state index contributed by atoms with van der Waals surface area (Å²) < 4.78 is 6.33. The average molecular weight is 728 g/mol. The molecule has 3 aromatic heterocycles. The quantitative estimate of drug-likeness (QED) is 0.160. The monoisotopic (exact) mass is 727 g/mol. The highest BCUT2D eigenvalue weighted by atomic mass is 16.3. The number of para-hydroxylation sites is 1. The zero-order valence-electron chi connectivity index (χ0n) is 30.8. The summed E-state index contributed by atoms with van der Waals surface area (Å²) in [7, 11) is 0. The molecule has 0 aliphatic heterocycles. The van der Waals surface area contributed by atoms with Crippen molar-refractivity contribution in [2.24, 2.45) is 0 Å². The van der Waals surface area contributed by atoms with Crippen molar-refractivity contribution in [3.05, 3.63) is 200 Å². The second-order valence-electron chi connectivity index (χ2n) is 14.4. The molecule has 0 N–H and O–H groups in total. The van der Waals surface area contributed by atoms with Gasteiger partial charge >= 0.3 is 0 Å². The van der Waals surface area contributed by atoms with Crippen LogP contribution < -0.4 is 0 Å². The van der Waals surface area contributed by atoms with Crippen molar-refractivity contribution in [3.63, 3.8) is 0 Å². The van der Waals surface area contributed by atoms with Crippen molar-refractivity contribution in [1.82, 2.24) is 15.0 Å². The van der Waals surface area contributed by atoms with Crippen LogP contribution in [0.4, 0.5) is 0 Å². The van der Waals surface area contributed by atoms with Crippen LogP contribution >= 0.6 is 0 Å². The van der Waals surface area contributed by atoms with Crippen molar-refractivity contribution < 1.29 is 4.42 Å². The first-order chi connectivity index (χ1) is 28.2. The van der Waals surface area contributed by atoms with Crippen LogP contribution in [0, 0.1) is 0 Å². The molecule has 57 heavy (non-hydrogen) atoms. The van der Waals surface area contributed by atoms with Gasteiger partial charge in [-0.2, -0.15) is 0 Å². The molecule has 0 atom stereocenters. The summed E-state index contributed by atoms with van der Waals surface area (Å²) in [6.07, 6.45) is 3.67. The SMILES string of the molecule is c1ccc(-c2nc(-c3cc(-c4ccc(-c5ccncc5)cc4)cc(-c4cc5ccccc5c5ccccc45)c3)cc(-c3cccc4oc5ccccc5c34)n2)cc1. The summed E-state index contributed by atoms with van der Waals surface area (Å²) in [6, 6.07) is 66.3. The first-order valence-electron chi connectivity index (χ1n) is 19.2. The molecule has 11 aromatic rings. The summed E-state index contributed by atoms with van der Waals surface area (Å²) in [6.45, 7) is 0. The van der Waals surface area contributed by atoms with Crippen molar-refractivity contribution in [2.45, 2.75) is 0 Å². The minimum absolute atomic E-state index is 0.665. The Kier molecular flexibility index (Phi) is 7.78. The third-order valence-corrected chi connectivity index (χ3v) is 11.0. The number of aromatic nitrogens is 3. The van der Waals surface area contributed by atoms with E-state index in [-0.39, 0.29) is 0 Å². The number of hydrogen-bond acceptors (Lipinski definition) is 4. The number of hydrogen-bond donors (Lipinski definition) is 0. The Morgan fingerprint density at radius 3 is 1.77 bits per heavy atom. The fourth-order valence-corrected chi connectivity index (χ4v) is 8.23. The molecule has 0 fully saturated rings. The highest BCUT2D eigenvalue weighted by Gasteiger charge is 2.18. The second kappa shape index (κ2) is 13.6. The molecule has 0 unspecified atom stereocenters. The highest BCUT2D eigenvalue weighted by Crippen LogP contribution is 2.41. The largest absolute Gasteiger partial charge is 0.456 e. The van der Waals surface area contributed by atoms with E-state index in [1.54, 1.807) is 0 Å². The molecule has 11 rings (SSSR count). The lowest BCUT2D eigenvalue weighted by Gasteiger charge is -2.16. The van der Waals surface area contributed by atoms with E-state index in [4.69, 9.17) is 14.4 Å². The molecule has 266 valence electrons. The number of fused-ring (bicyclic) bond motifs is 6. The minimum Gasteiger partial charge on any atom is -0.456 e. The third kappa shape index (κ3) is 5.83. The Hall–Kier alpha value is -7.69. The van der Waals surface area contributed by atoms with Crippen LogP contribution in [0.15, 0.2) is 205 Å². The second-order valence-corrected chi connectivity index (χ2v) is 14.4. The van der Waals surface area contributed by atoms with Gasteiger partial charge in [0, 0.05) is 39.9 Å². The van der Waals surface area contributed by atoms with Gasteiger partial charge in [0.15, 0.2) is 5.82 Å². The Bertz CT molecular complexity index is 3280. The van der Waals surface area contributed by atoms with Gasteiger partial charge in [0.25, 0.3) is 0 Å². The summed E-state index contributed by atoms with van der Waals surface area (Å²) in [4.78, 5) is 14.8. The van der Waals surface area contributed by atoms with Crippen molar-refractivity contribution in [2.75, 3.05) is 0 Å². The maximum absolute atomic E-state index is 6.33. The number of furan rings is 1. The van der Waals surface area contributed by atoms with Crippen molar-refractivity contribution >= 4 is 43.5 Å². The van der Waals surface area contributed by atoms with Gasteiger partial charge in [0.1, 0.15) is 11.2 Å². The van der Waals surface area contributed by atoms with Crippen LogP contribution in [0.5, 0.6) is 0 Å². The van der Waals surface area contributed by atoms with Gasteiger partial charge < -0.3 is 4.42 Å². The van der Waals surface area contributed by atoms with Gasteiger partial charge in [0.2, 0.25) is 0 Å². The minimum atomic E-state index is 0.665.